The molecule has 1 aliphatic carbocycles. The second-order valence-corrected chi connectivity index (χ2v) is 4.01. The molecule has 0 saturated carbocycles. The molecule has 1 N–H and O–H groups in total. The van der Waals surface area contributed by atoms with E-state index >= 15 is 0 Å². The zero-order valence-corrected chi connectivity index (χ0v) is 8.30. The Labute approximate surface area is 83.8 Å². The largest absolute Gasteiger partial charge is 0.358 e. The van der Waals surface area contributed by atoms with Gasteiger partial charge in [-0.05, 0) is 37.0 Å². The Hall–Kier alpha value is -1.50. The van der Waals surface area contributed by atoms with E-state index in [4.69, 9.17) is 0 Å². The second kappa shape index (κ2) is 2.74. The normalized spacial score (nSPS) is 13.5. The molecule has 2 aromatic rings. The molecule has 1 heteroatoms. The maximum Gasteiger partial charge on any atom is 0.0491 e. The number of H-pyrrole nitrogens is 1. The van der Waals surface area contributed by atoms with Gasteiger partial charge >= 0.3 is 0 Å². The first-order chi connectivity index (χ1) is 6.84. The van der Waals surface area contributed by atoms with Crippen molar-refractivity contribution in [1.29, 1.82) is 0 Å². The van der Waals surface area contributed by atoms with Crippen molar-refractivity contribution in [2.75, 3.05) is 0 Å². The van der Waals surface area contributed by atoms with Crippen molar-refractivity contribution in [3.8, 4) is 11.3 Å². The minimum Gasteiger partial charge on any atom is -0.358 e. The van der Waals surface area contributed by atoms with Gasteiger partial charge in [-0.2, -0.15) is 0 Å². The molecule has 1 aliphatic rings. The third-order valence-electron chi connectivity index (χ3n) is 2.98. The van der Waals surface area contributed by atoms with Gasteiger partial charge in [0.2, 0.25) is 0 Å². The topological polar surface area (TPSA) is 15.8 Å². The molecule has 1 aromatic carbocycles. The lowest BCUT2D eigenvalue weighted by Gasteiger charge is -2.15. The summed E-state index contributed by atoms with van der Waals surface area (Å²) >= 11 is 0. The standard InChI is InChI=1S/C13H13N/c1-9-8-11-7-6-10-4-2-3-5-12(10)13(11)14-9/h2-5,8,14H,6-7H2,1H3. The van der Waals surface area contributed by atoms with Crippen LogP contribution < -0.4 is 0 Å². The molecule has 0 atom stereocenters. The van der Waals surface area contributed by atoms with E-state index in [1.807, 2.05) is 0 Å². The summed E-state index contributed by atoms with van der Waals surface area (Å²) in [5.74, 6) is 0. The van der Waals surface area contributed by atoms with Gasteiger partial charge < -0.3 is 4.98 Å². The van der Waals surface area contributed by atoms with Gasteiger partial charge in [-0.25, -0.2) is 0 Å². The van der Waals surface area contributed by atoms with Gasteiger partial charge in [0.15, 0.2) is 0 Å². The number of rotatable bonds is 0. The molecule has 0 amide bonds. The summed E-state index contributed by atoms with van der Waals surface area (Å²) in [6, 6.07) is 11.0. The zero-order valence-electron chi connectivity index (χ0n) is 8.30. The van der Waals surface area contributed by atoms with Crippen LogP contribution in [0.25, 0.3) is 11.3 Å². The van der Waals surface area contributed by atoms with Crippen LogP contribution in [-0.2, 0) is 12.8 Å². The highest BCUT2D eigenvalue weighted by atomic mass is 14.7. The fourth-order valence-corrected chi connectivity index (χ4v) is 2.34. The Kier molecular flexibility index (Phi) is 1.54. The van der Waals surface area contributed by atoms with Crippen LogP contribution in [0.2, 0.25) is 0 Å². The molecule has 1 heterocycles. The van der Waals surface area contributed by atoms with Gasteiger partial charge in [0.1, 0.15) is 0 Å². The highest BCUT2D eigenvalue weighted by Crippen LogP contribution is 2.32. The lowest BCUT2D eigenvalue weighted by atomic mass is 9.90. The van der Waals surface area contributed by atoms with E-state index < -0.39 is 0 Å². The van der Waals surface area contributed by atoms with Crippen molar-refractivity contribution < 1.29 is 0 Å². The molecule has 0 radical (unpaired) electrons. The highest BCUT2D eigenvalue weighted by molar-refractivity contribution is 5.70. The summed E-state index contributed by atoms with van der Waals surface area (Å²) < 4.78 is 0. The summed E-state index contributed by atoms with van der Waals surface area (Å²) in [5, 5.41) is 0. The molecular weight excluding hydrogens is 170 g/mol. The van der Waals surface area contributed by atoms with Crippen LogP contribution in [-0.4, -0.2) is 4.98 Å². The fourth-order valence-electron chi connectivity index (χ4n) is 2.34. The van der Waals surface area contributed by atoms with E-state index in [0.29, 0.717) is 0 Å². The van der Waals surface area contributed by atoms with Crippen molar-refractivity contribution in [2.45, 2.75) is 19.8 Å². The van der Waals surface area contributed by atoms with Crippen LogP contribution in [0.4, 0.5) is 0 Å². The number of fused-ring (bicyclic) bond motifs is 3. The van der Waals surface area contributed by atoms with Gasteiger partial charge in [-0.3, -0.25) is 0 Å². The number of aromatic nitrogens is 1. The molecule has 0 fully saturated rings. The summed E-state index contributed by atoms with van der Waals surface area (Å²) in [6.45, 7) is 2.13. The molecule has 70 valence electrons. The minimum atomic E-state index is 1.18. The number of aromatic amines is 1. The highest BCUT2D eigenvalue weighted by Gasteiger charge is 2.16. The van der Waals surface area contributed by atoms with E-state index in [1.54, 1.807) is 0 Å². The third kappa shape index (κ3) is 1.02. The quantitative estimate of drug-likeness (QED) is 0.646. The molecule has 0 unspecified atom stereocenters. The molecular formula is C13H13N. The van der Waals surface area contributed by atoms with Crippen LogP contribution >= 0.6 is 0 Å². The smallest absolute Gasteiger partial charge is 0.0491 e. The van der Waals surface area contributed by atoms with E-state index in [0.717, 1.165) is 0 Å². The average molecular weight is 183 g/mol. The van der Waals surface area contributed by atoms with Crippen LogP contribution in [0.1, 0.15) is 16.8 Å². The predicted octanol–water partition coefficient (Wildman–Crippen LogP) is 3.09. The number of aryl methyl sites for hydroxylation is 3. The van der Waals surface area contributed by atoms with E-state index in [9.17, 15) is 0 Å². The summed E-state index contributed by atoms with van der Waals surface area (Å²) in [6.07, 6.45) is 2.36. The van der Waals surface area contributed by atoms with Crippen LogP contribution in [0.15, 0.2) is 30.3 Å². The van der Waals surface area contributed by atoms with Crippen molar-refractivity contribution in [3.63, 3.8) is 0 Å². The van der Waals surface area contributed by atoms with Gasteiger partial charge in [0, 0.05) is 17.0 Å². The average Bonchev–Trinajstić information content (AvgIpc) is 2.59. The first-order valence-corrected chi connectivity index (χ1v) is 5.11. The third-order valence-corrected chi connectivity index (χ3v) is 2.98. The van der Waals surface area contributed by atoms with E-state index in [1.165, 1.54) is 40.9 Å². The van der Waals surface area contributed by atoms with Crippen molar-refractivity contribution in [3.05, 3.63) is 47.2 Å². The molecule has 14 heavy (non-hydrogen) atoms. The number of hydrogen-bond acceptors (Lipinski definition) is 0. The Morgan fingerprint density at radius 2 is 1.86 bits per heavy atom. The molecule has 0 saturated heterocycles. The van der Waals surface area contributed by atoms with Gasteiger partial charge in [0.25, 0.3) is 0 Å². The summed E-state index contributed by atoms with van der Waals surface area (Å²) in [4.78, 5) is 3.45. The van der Waals surface area contributed by atoms with Crippen LogP contribution in [0.3, 0.4) is 0 Å². The van der Waals surface area contributed by atoms with Crippen molar-refractivity contribution >= 4 is 0 Å². The number of nitrogens with one attached hydrogen (secondary N) is 1. The van der Waals surface area contributed by atoms with Crippen LogP contribution in [0.5, 0.6) is 0 Å². The molecule has 0 spiro atoms. The van der Waals surface area contributed by atoms with E-state index in [2.05, 4.69) is 42.2 Å². The molecule has 1 aromatic heterocycles. The van der Waals surface area contributed by atoms with Crippen LogP contribution in [0, 0.1) is 6.92 Å². The molecule has 3 rings (SSSR count). The van der Waals surface area contributed by atoms with Crippen molar-refractivity contribution in [1.82, 2.24) is 4.98 Å². The SMILES string of the molecule is Cc1cc2c([nH]1)-c1ccccc1CC2. The Morgan fingerprint density at radius 1 is 1.07 bits per heavy atom. The minimum absolute atomic E-state index is 1.18. The fraction of sp³-hybridized carbons (Fsp3) is 0.231. The van der Waals surface area contributed by atoms with Crippen molar-refractivity contribution in [2.24, 2.45) is 0 Å². The summed E-state index contributed by atoms with van der Waals surface area (Å²) in [7, 11) is 0. The Balaban J connectivity index is 2.28. The zero-order chi connectivity index (χ0) is 9.54. The molecule has 0 bridgehead atoms. The molecule has 0 aliphatic heterocycles. The Morgan fingerprint density at radius 3 is 2.79 bits per heavy atom. The van der Waals surface area contributed by atoms with Gasteiger partial charge in [-0.15, -0.1) is 0 Å². The lowest BCUT2D eigenvalue weighted by Crippen LogP contribution is -2.01. The first-order valence-electron chi connectivity index (χ1n) is 5.11. The maximum absolute atomic E-state index is 3.45. The van der Waals surface area contributed by atoms with Gasteiger partial charge in [0.05, 0.1) is 0 Å². The summed E-state index contributed by atoms with van der Waals surface area (Å²) in [5.41, 5.74) is 6.95. The maximum atomic E-state index is 3.45. The lowest BCUT2D eigenvalue weighted by molar-refractivity contribution is 0.942. The Bertz CT molecular complexity index is 480. The second-order valence-electron chi connectivity index (χ2n) is 4.01. The number of hydrogen-bond donors (Lipinski definition) is 1. The number of benzene rings is 1. The monoisotopic (exact) mass is 183 g/mol. The first kappa shape index (κ1) is 7.86. The van der Waals surface area contributed by atoms with Gasteiger partial charge in [-0.1, -0.05) is 24.3 Å². The molecule has 1 nitrogen and oxygen atoms in total. The predicted molar refractivity (Wildman–Crippen MR) is 58.4 cm³/mol. The van der Waals surface area contributed by atoms with E-state index in [-0.39, 0.29) is 0 Å².